The summed E-state index contributed by atoms with van der Waals surface area (Å²) < 4.78 is 1.85. The Hall–Kier alpha value is -1.35. The minimum Gasteiger partial charge on any atom is -0.348 e. The molecule has 0 spiro atoms. The monoisotopic (exact) mass is 194 g/mol. The average molecular weight is 195 g/mol. The first-order valence-corrected chi connectivity index (χ1v) is 4.17. The van der Waals surface area contributed by atoms with E-state index in [1.807, 2.05) is 17.7 Å². The molecule has 0 aromatic carbocycles. The summed E-state index contributed by atoms with van der Waals surface area (Å²) >= 11 is 5.72. The Kier molecular flexibility index (Phi) is 1.81. The van der Waals surface area contributed by atoms with Gasteiger partial charge in [0.25, 0.3) is 0 Å². The second-order valence-corrected chi connectivity index (χ2v) is 3.20. The fourth-order valence-corrected chi connectivity index (χ4v) is 1.50. The first-order valence-electron chi connectivity index (χ1n) is 3.79. The Morgan fingerprint density at radius 1 is 1.54 bits per heavy atom. The summed E-state index contributed by atoms with van der Waals surface area (Å²) in [6, 6.07) is 3.55. The van der Waals surface area contributed by atoms with Crippen molar-refractivity contribution in [1.82, 2.24) is 9.55 Å². The van der Waals surface area contributed by atoms with Crippen LogP contribution in [0.1, 0.15) is 10.4 Å². The molecule has 0 N–H and O–H groups in total. The second kappa shape index (κ2) is 2.85. The van der Waals surface area contributed by atoms with Crippen molar-refractivity contribution >= 4 is 28.9 Å². The third kappa shape index (κ3) is 1.21. The number of aldehydes is 1. The van der Waals surface area contributed by atoms with Crippen LogP contribution in [0, 0.1) is 0 Å². The van der Waals surface area contributed by atoms with Gasteiger partial charge in [-0.1, -0.05) is 11.6 Å². The van der Waals surface area contributed by atoms with Gasteiger partial charge in [-0.15, -0.1) is 0 Å². The lowest BCUT2D eigenvalue weighted by molar-refractivity contribution is 0.112. The summed E-state index contributed by atoms with van der Waals surface area (Å²) in [5.41, 5.74) is 2.14. The maximum Gasteiger partial charge on any atom is 0.153 e. The number of carbonyl (C=O) groups excluding carboxylic acids is 1. The Labute approximate surface area is 79.9 Å². The molecule has 2 rings (SSSR count). The van der Waals surface area contributed by atoms with Crippen LogP contribution in [0.4, 0.5) is 0 Å². The van der Waals surface area contributed by atoms with E-state index in [1.165, 1.54) is 0 Å². The predicted octanol–water partition coefficient (Wildman–Crippen LogP) is 2.04. The molecule has 0 saturated heterocycles. The van der Waals surface area contributed by atoms with E-state index in [-0.39, 0.29) is 0 Å². The summed E-state index contributed by atoms with van der Waals surface area (Å²) in [7, 11) is 1.87. The maximum absolute atomic E-state index is 10.6. The van der Waals surface area contributed by atoms with Crippen molar-refractivity contribution in [3.05, 3.63) is 29.0 Å². The van der Waals surface area contributed by atoms with Crippen LogP contribution >= 0.6 is 11.6 Å². The quantitative estimate of drug-likeness (QED) is 0.514. The van der Waals surface area contributed by atoms with Gasteiger partial charge in [0, 0.05) is 13.2 Å². The molecule has 0 saturated carbocycles. The number of fused-ring (bicyclic) bond motifs is 1. The van der Waals surface area contributed by atoms with Crippen LogP contribution in [0.15, 0.2) is 18.3 Å². The molecule has 2 aromatic rings. The van der Waals surface area contributed by atoms with Gasteiger partial charge >= 0.3 is 0 Å². The van der Waals surface area contributed by atoms with E-state index in [0.29, 0.717) is 16.2 Å². The first-order chi connectivity index (χ1) is 6.22. The molecule has 2 heterocycles. The van der Waals surface area contributed by atoms with Crippen molar-refractivity contribution in [2.24, 2.45) is 7.05 Å². The van der Waals surface area contributed by atoms with Crippen LogP contribution in [-0.4, -0.2) is 15.8 Å². The van der Waals surface area contributed by atoms with Crippen molar-refractivity contribution in [3.8, 4) is 0 Å². The number of aromatic nitrogens is 2. The lowest BCUT2D eigenvalue weighted by Crippen LogP contribution is -1.84. The van der Waals surface area contributed by atoms with Crippen LogP contribution in [0.5, 0.6) is 0 Å². The number of hydrogen-bond donors (Lipinski definition) is 0. The largest absolute Gasteiger partial charge is 0.348 e. The zero-order valence-electron chi connectivity index (χ0n) is 6.99. The first kappa shape index (κ1) is 8.26. The van der Waals surface area contributed by atoms with Crippen molar-refractivity contribution in [2.45, 2.75) is 0 Å². The van der Waals surface area contributed by atoms with Gasteiger partial charge in [0.05, 0.1) is 11.1 Å². The third-order valence-electron chi connectivity index (χ3n) is 1.95. The summed E-state index contributed by atoms with van der Waals surface area (Å²) in [6.07, 6.45) is 2.52. The molecule has 4 heteroatoms. The highest BCUT2D eigenvalue weighted by Crippen LogP contribution is 2.19. The van der Waals surface area contributed by atoms with Crippen molar-refractivity contribution < 1.29 is 4.79 Å². The molecule has 3 nitrogen and oxygen atoms in total. The Bertz CT molecular complexity index is 476. The van der Waals surface area contributed by atoms with E-state index < -0.39 is 0 Å². The van der Waals surface area contributed by atoms with Gasteiger partial charge in [0.15, 0.2) is 6.29 Å². The molecule has 0 aliphatic rings. The number of halogens is 1. The zero-order valence-corrected chi connectivity index (χ0v) is 7.75. The van der Waals surface area contributed by atoms with Crippen LogP contribution in [0.2, 0.25) is 5.15 Å². The second-order valence-electron chi connectivity index (χ2n) is 2.81. The van der Waals surface area contributed by atoms with E-state index >= 15 is 0 Å². The molecule has 0 fully saturated rings. The predicted molar refractivity (Wildman–Crippen MR) is 51.1 cm³/mol. The molecule has 0 bridgehead atoms. The standard InChI is InChI=1S/C9H7ClN2O/c1-12-4-6(5-13)9-7(12)2-3-8(10)11-9/h2-5H,1H3. The third-order valence-corrected chi connectivity index (χ3v) is 2.16. The summed E-state index contributed by atoms with van der Waals surface area (Å²) in [4.78, 5) is 14.7. The van der Waals surface area contributed by atoms with Gasteiger partial charge in [-0.25, -0.2) is 4.98 Å². The summed E-state index contributed by atoms with van der Waals surface area (Å²) in [5.74, 6) is 0. The molecular weight excluding hydrogens is 188 g/mol. The number of hydrogen-bond acceptors (Lipinski definition) is 2. The molecule has 0 aliphatic carbocycles. The van der Waals surface area contributed by atoms with Crippen LogP contribution in [-0.2, 0) is 7.05 Å². The highest BCUT2D eigenvalue weighted by molar-refractivity contribution is 6.29. The minimum atomic E-state index is 0.404. The molecule has 0 unspecified atom stereocenters. The molecule has 2 aromatic heterocycles. The highest BCUT2D eigenvalue weighted by Gasteiger charge is 2.06. The van der Waals surface area contributed by atoms with Crippen molar-refractivity contribution in [3.63, 3.8) is 0 Å². The molecule has 66 valence electrons. The average Bonchev–Trinajstić information content (AvgIpc) is 2.42. The Balaban J connectivity index is 2.89. The van der Waals surface area contributed by atoms with E-state index in [2.05, 4.69) is 4.98 Å². The van der Waals surface area contributed by atoms with Crippen LogP contribution in [0.3, 0.4) is 0 Å². The molecule has 0 amide bonds. The molecular formula is C9H7ClN2O. The van der Waals surface area contributed by atoms with Gasteiger partial charge in [-0.05, 0) is 12.1 Å². The van der Waals surface area contributed by atoms with E-state index in [9.17, 15) is 4.79 Å². The Morgan fingerprint density at radius 3 is 3.00 bits per heavy atom. The number of aryl methyl sites for hydroxylation is 1. The topological polar surface area (TPSA) is 34.9 Å². The number of rotatable bonds is 1. The summed E-state index contributed by atoms with van der Waals surface area (Å²) in [5, 5.41) is 0.404. The molecule has 0 atom stereocenters. The highest BCUT2D eigenvalue weighted by atomic mass is 35.5. The van der Waals surface area contributed by atoms with E-state index in [0.717, 1.165) is 11.8 Å². The van der Waals surface area contributed by atoms with Crippen molar-refractivity contribution in [2.75, 3.05) is 0 Å². The molecule has 0 radical (unpaired) electrons. The van der Waals surface area contributed by atoms with Crippen LogP contribution < -0.4 is 0 Å². The van der Waals surface area contributed by atoms with Crippen molar-refractivity contribution in [1.29, 1.82) is 0 Å². The van der Waals surface area contributed by atoms with E-state index in [4.69, 9.17) is 11.6 Å². The molecule has 0 aliphatic heterocycles. The summed E-state index contributed by atoms with van der Waals surface area (Å²) in [6.45, 7) is 0. The number of carbonyl (C=O) groups is 1. The fourth-order valence-electron chi connectivity index (χ4n) is 1.35. The maximum atomic E-state index is 10.6. The van der Waals surface area contributed by atoms with Gasteiger partial charge in [-0.2, -0.15) is 0 Å². The van der Waals surface area contributed by atoms with Gasteiger partial charge < -0.3 is 4.57 Å². The van der Waals surface area contributed by atoms with Gasteiger partial charge in [-0.3, -0.25) is 4.79 Å². The zero-order chi connectivity index (χ0) is 9.42. The normalized spacial score (nSPS) is 10.6. The van der Waals surface area contributed by atoms with Crippen LogP contribution in [0.25, 0.3) is 11.0 Å². The number of pyridine rings is 1. The fraction of sp³-hybridized carbons (Fsp3) is 0.111. The minimum absolute atomic E-state index is 0.404. The Morgan fingerprint density at radius 2 is 2.31 bits per heavy atom. The molecule has 13 heavy (non-hydrogen) atoms. The number of nitrogens with zero attached hydrogens (tertiary/aromatic N) is 2. The SMILES string of the molecule is Cn1cc(C=O)c2nc(Cl)ccc21. The lowest BCUT2D eigenvalue weighted by atomic mass is 10.3. The smallest absolute Gasteiger partial charge is 0.153 e. The van der Waals surface area contributed by atoms with Gasteiger partial charge in [0.1, 0.15) is 10.7 Å². The van der Waals surface area contributed by atoms with E-state index in [1.54, 1.807) is 12.3 Å². The van der Waals surface area contributed by atoms with Gasteiger partial charge in [0.2, 0.25) is 0 Å². The lowest BCUT2D eigenvalue weighted by Gasteiger charge is -1.94.